The monoisotopic (exact) mass is 187 g/mol. The largest absolute Gasteiger partial charge is 0.379 e. The fraction of sp³-hybridized carbons (Fsp3) is 0.778. The van der Waals surface area contributed by atoms with Crippen LogP contribution in [-0.4, -0.2) is 40.9 Å². The number of hydrogen-bond acceptors (Lipinski definition) is 4. The highest BCUT2D eigenvalue weighted by Gasteiger charge is 2.23. The van der Waals surface area contributed by atoms with Crippen LogP contribution >= 0.6 is 0 Å². The molecule has 1 N–H and O–H groups in total. The molecule has 4 nitrogen and oxygen atoms in total. The zero-order valence-corrected chi connectivity index (χ0v) is 8.36. The second kappa shape index (κ2) is 5.83. The van der Waals surface area contributed by atoms with Gasteiger partial charge >= 0.3 is 0 Å². The minimum Gasteiger partial charge on any atom is -0.379 e. The van der Waals surface area contributed by atoms with Crippen LogP contribution in [0, 0.1) is 0 Å². The van der Waals surface area contributed by atoms with Gasteiger partial charge in [0.2, 0.25) is 0 Å². The topological polar surface area (TPSA) is 57.6 Å². The summed E-state index contributed by atoms with van der Waals surface area (Å²) in [5.41, 5.74) is 0. The van der Waals surface area contributed by atoms with Crippen molar-refractivity contribution in [3.63, 3.8) is 0 Å². The zero-order chi connectivity index (χ0) is 10.4. The molecule has 0 aromatic rings. The molecule has 2 unspecified atom stereocenters. The number of carbonyl (C=O) groups excluding carboxylic acids is 2. The van der Waals surface area contributed by atoms with E-state index in [1.165, 1.54) is 6.92 Å². The van der Waals surface area contributed by atoms with Crippen LogP contribution < -0.4 is 0 Å². The van der Waals surface area contributed by atoms with Gasteiger partial charge in [-0.2, -0.15) is 0 Å². The molecule has 76 valence electrons. The fourth-order valence-corrected chi connectivity index (χ4v) is 1.37. The van der Waals surface area contributed by atoms with E-state index in [4.69, 9.17) is 0 Å². The van der Waals surface area contributed by atoms with Crippen LogP contribution in [0.15, 0.2) is 0 Å². The lowest BCUT2D eigenvalue weighted by molar-refractivity contribution is -0.129. The molecule has 0 heterocycles. The standard InChI is InChI=1S/C9H17NO3/c1-4-10(8(3)13)9(5-6-11)7(2)12/h6,8-9,13H,4-5H2,1-3H3. The van der Waals surface area contributed by atoms with Crippen molar-refractivity contribution in [1.82, 2.24) is 4.90 Å². The van der Waals surface area contributed by atoms with Crippen molar-refractivity contribution >= 4 is 12.1 Å². The Kier molecular flexibility index (Phi) is 5.50. The summed E-state index contributed by atoms with van der Waals surface area (Å²) >= 11 is 0. The van der Waals surface area contributed by atoms with E-state index >= 15 is 0 Å². The molecule has 0 rings (SSSR count). The highest BCUT2D eigenvalue weighted by molar-refractivity contribution is 5.83. The fourth-order valence-electron chi connectivity index (χ4n) is 1.37. The van der Waals surface area contributed by atoms with Gasteiger partial charge in [-0.05, 0) is 20.4 Å². The molecule has 0 aliphatic heterocycles. The number of nitrogens with zero attached hydrogens (tertiary/aromatic N) is 1. The maximum absolute atomic E-state index is 11.1. The molecule has 0 saturated carbocycles. The van der Waals surface area contributed by atoms with Crippen LogP contribution in [0.4, 0.5) is 0 Å². The number of likely N-dealkylation sites (N-methyl/N-ethyl adjacent to an activating group) is 1. The molecule has 0 bridgehead atoms. The summed E-state index contributed by atoms with van der Waals surface area (Å²) in [6.07, 6.45) is 0.157. The third-order valence-electron chi connectivity index (χ3n) is 2.03. The van der Waals surface area contributed by atoms with Crippen LogP contribution in [0.5, 0.6) is 0 Å². The second-order valence-corrected chi connectivity index (χ2v) is 2.99. The maximum atomic E-state index is 11.1. The highest BCUT2D eigenvalue weighted by Crippen LogP contribution is 2.07. The maximum Gasteiger partial charge on any atom is 0.147 e. The lowest BCUT2D eigenvalue weighted by Gasteiger charge is -2.29. The lowest BCUT2D eigenvalue weighted by Crippen LogP contribution is -2.45. The van der Waals surface area contributed by atoms with Gasteiger partial charge in [0.15, 0.2) is 0 Å². The summed E-state index contributed by atoms with van der Waals surface area (Å²) in [5.74, 6) is -0.0881. The summed E-state index contributed by atoms with van der Waals surface area (Å²) in [7, 11) is 0. The molecular weight excluding hydrogens is 170 g/mol. The molecule has 0 fully saturated rings. The minimum atomic E-state index is -0.696. The van der Waals surface area contributed by atoms with E-state index in [0.29, 0.717) is 12.8 Å². The van der Waals surface area contributed by atoms with Gasteiger partial charge in [0.1, 0.15) is 18.3 Å². The lowest BCUT2D eigenvalue weighted by atomic mass is 10.1. The predicted octanol–water partition coefficient (Wildman–Crippen LogP) is 0.193. The highest BCUT2D eigenvalue weighted by atomic mass is 16.3. The van der Waals surface area contributed by atoms with Gasteiger partial charge in [-0.3, -0.25) is 9.69 Å². The Balaban J connectivity index is 4.47. The summed E-state index contributed by atoms with van der Waals surface area (Å²) in [6, 6.07) is -0.484. The number of carbonyl (C=O) groups is 2. The Morgan fingerprint density at radius 3 is 2.38 bits per heavy atom. The Labute approximate surface area is 78.5 Å². The first-order valence-electron chi connectivity index (χ1n) is 4.42. The van der Waals surface area contributed by atoms with E-state index in [2.05, 4.69) is 0 Å². The second-order valence-electron chi connectivity index (χ2n) is 2.99. The number of ketones is 1. The van der Waals surface area contributed by atoms with Crippen molar-refractivity contribution < 1.29 is 14.7 Å². The van der Waals surface area contributed by atoms with Crippen molar-refractivity contribution in [2.24, 2.45) is 0 Å². The summed E-state index contributed by atoms with van der Waals surface area (Å²) in [6.45, 7) is 5.41. The number of aliphatic hydroxyl groups excluding tert-OH is 1. The molecule has 2 atom stereocenters. The van der Waals surface area contributed by atoms with Crippen molar-refractivity contribution in [2.75, 3.05) is 6.54 Å². The van der Waals surface area contributed by atoms with Gasteiger partial charge in [0.25, 0.3) is 0 Å². The number of rotatable bonds is 6. The molecule has 0 aromatic carbocycles. The average Bonchev–Trinajstić information content (AvgIpc) is 2.03. The molecule has 0 saturated heterocycles. The molecule has 0 amide bonds. The molecule has 0 aliphatic carbocycles. The Bertz CT molecular complexity index is 180. The smallest absolute Gasteiger partial charge is 0.147 e. The quantitative estimate of drug-likeness (QED) is 0.476. The van der Waals surface area contributed by atoms with Gasteiger partial charge in [0, 0.05) is 6.42 Å². The summed E-state index contributed by atoms with van der Waals surface area (Å²) < 4.78 is 0. The first-order valence-corrected chi connectivity index (χ1v) is 4.42. The molecule has 4 heteroatoms. The Morgan fingerprint density at radius 1 is 1.62 bits per heavy atom. The van der Waals surface area contributed by atoms with E-state index in [1.807, 2.05) is 6.92 Å². The van der Waals surface area contributed by atoms with Crippen LogP contribution in [0.2, 0.25) is 0 Å². The third kappa shape index (κ3) is 3.65. The van der Waals surface area contributed by atoms with Crippen LogP contribution in [0.1, 0.15) is 27.2 Å². The van der Waals surface area contributed by atoms with Crippen LogP contribution in [-0.2, 0) is 9.59 Å². The number of Topliss-reactive ketones (excluding diaryl/α,β-unsaturated/α-hetero) is 1. The molecule has 0 aliphatic rings. The van der Waals surface area contributed by atoms with Gasteiger partial charge in [-0.15, -0.1) is 0 Å². The molecule has 13 heavy (non-hydrogen) atoms. The van der Waals surface area contributed by atoms with Gasteiger partial charge < -0.3 is 9.90 Å². The van der Waals surface area contributed by atoms with Crippen LogP contribution in [0.3, 0.4) is 0 Å². The van der Waals surface area contributed by atoms with E-state index in [9.17, 15) is 14.7 Å². The Hall–Kier alpha value is -0.740. The predicted molar refractivity (Wildman–Crippen MR) is 49.2 cm³/mol. The minimum absolute atomic E-state index is 0.0881. The van der Waals surface area contributed by atoms with E-state index in [1.54, 1.807) is 11.8 Å². The van der Waals surface area contributed by atoms with Gasteiger partial charge in [-0.1, -0.05) is 6.92 Å². The van der Waals surface area contributed by atoms with Gasteiger partial charge in [-0.25, -0.2) is 0 Å². The van der Waals surface area contributed by atoms with Gasteiger partial charge in [0.05, 0.1) is 6.04 Å². The first kappa shape index (κ1) is 12.3. The molecular formula is C9H17NO3. The third-order valence-corrected chi connectivity index (χ3v) is 2.03. The first-order chi connectivity index (χ1) is 6.04. The van der Waals surface area contributed by atoms with Crippen molar-refractivity contribution in [2.45, 2.75) is 39.5 Å². The van der Waals surface area contributed by atoms with E-state index < -0.39 is 12.3 Å². The zero-order valence-electron chi connectivity index (χ0n) is 8.36. The Morgan fingerprint density at radius 2 is 2.15 bits per heavy atom. The van der Waals surface area contributed by atoms with Crippen molar-refractivity contribution in [3.05, 3.63) is 0 Å². The molecule has 0 radical (unpaired) electrons. The number of aldehydes is 1. The number of hydrogen-bond donors (Lipinski definition) is 1. The number of aliphatic hydroxyl groups is 1. The molecule has 0 spiro atoms. The van der Waals surface area contributed by atoms with E-state index in [0.717, 1.165) is 0 Å². The summed E-state index contributed by atoms with van der Waals surface area (Å²) in [4.78, 5) is 23.0. The van der Waals surface area contributed by atoms with Crippen LogP contribution in [0.25, 0.3) is 0 Å². The molecule has 0 aromatic heterocycles. The summed E-state index contributed by atoms with van der Waals surface area (Å²) in [5, 5.41) is 9.32. The van der Waals surface area contributed by atoms with Crippen molar-refractivity contribution in [1.29, 1.82) is 0 Å². The SMILES string of the molecule is CCN(C(C)O)C(CC=O)C(C)=O. The normalized spacial score (nSPS) is 15.5. The van der Waals surface area contributed by atoms with Crippen molar-refractivity contribution in [3.8, 4) is 0 Å². The van der Waals surface area contributed by atoms with E-state index in [-0.39, 0.29) is 12.2 Å². The average molecular weight is 187 g/mol.